The molecule has 0 amide bonds. The lowest BCUT2D eigenvalue weighted by atomic mass is 9.99. The van der Waals surface area contributed by atoms with Gasteiger partial charge in [-0.25, -0.2) is 15.0 Å². The summed E-state index contributed by atoms with van der Waals surface area (Å²) in [7, 11) is 0. The molecule has 0 aliphatic rings. The van der Waals surface area contributed by atoms with Crippen molar-refractivity contribution in [3.63, 3.8) is 0 Å². The molecule has 0 spiro atoms. The summed E-state index contributed by atoms with van der Waals surface area (Å²) >= 11 is 3.66. The molecule has 6 heteroatoms. The van der Waals surface area contributed by atoms with Gasteiger partial charge in [0.05, 0.1) is 21.4 Å². The Hall–Kier alpha value is -5.69. The van der Waals surface area contributed by atoms with E-state index in [4.69, 9.17) is 15.0 Å². The van der Waals surface area contributed by atoms with Crippen molar-refractivity contribution in [3.8, 4) is 17.2 Å². The van der Waals surface area contributed by atoms with Crippen LogP contribution >= 0.6 is 22.7 Å². The van der Waals surface area contributed by atoms with Crippen molar-refractivity contribution in [1.82, 2.24) is 19.5 Å². The Kier molecular flexibility index (Phi) is 5.11. The SMILES string of the molecule is c1ccc2c(-c3cccc4c3sc3ccccc34)nc(-n3c4ncccc4c4c5ccccc5c5c6ccccc6sc5c43)nc2c1. The van der Waals surface area contributed by atoms with Crippen molar-refractivity contribution in [2.75, 3.05) is 0 Å². The van der Waals surface area contributed by atoms with Crippen LogP contribution in [0.3, 0.4) is 0 Å². The maximum absolute atomic E-state index is 5.50. The molecule has 11 aromatic rings. The van der Waals surface area contributed by atoms with Gasteiger partial charge in [-0.3, -0.25) is 4.57 Å². The first-order valence-electron chi connectivity index (χ1n) is 15.6. The Morgan fingerprint density at radius 2 is 1.11 bits per heavy atom. The fraction of sp³-hybridized carbons (Fsp3) is 0. The van der Waals surface area contributed by atoms with Crippen LogP contribution < -0.4 is 0 Å². The van der Waals surface area contributed by atoms with E-state index >= 15 is 0 Å². The van der Waals surface area contributed by atoms with Crippen LogP contribution in [0.2, 0.25) is 0 Å². The third-order valence-corrected chi connectivity index (χ3v) is 11.9. The van der Waals surface area contributed by atoms with Crippen LogP contribution in [0.5, 0.6) is 0 Å². The van der Waals surface area contributed by atoms with Gasteiger partial charge >= 0.3 is 0 Å². The molecule has 5 aromatic heterocycles. The Morgan fingerprint density at radius 1 is 0.468 bits per heavy atom. The summed E-state index contributed by atoms with van der Waals surface area (Å²) in [5.41, 5.74) is 4.93. The van der Waals surface area contributed by atoms with Crippen molar-refractivity contribution in [3.05, 3.63) is 134 Å². The van der Waals surface area contributed by atoms with E-state index < -0.39 is 0 Å². The number of pyridine rings is 1. The summed E-state index contributed by atoms with van der Waals surface area (Å²) in [5, 5.41) is 10.9. The summed E-state index contributed by atoms with van der Waals surface area (Å²) in [6.07, 6.45) is 1.88. The van der Waals surface area contributed by atoms with Gasteiger partial charge < -0.3 is 0 Å². The Morgan fingerprint density at radius 3 is 1.96 bits per heavy atom. The first kappa shape index (κ1) is 25.5. The average Bonchev–Trinajstić information content (AvgIpc) is 3.81. The molecular weight excluding hydrogens is 613 g/mol. The van der Waals surface area contributed by atoms with Crippen LogP contribution in [0.15, 0.2) is 134 Å². The number of hydrogen-bond donors (Lipinski definition) is 0. The van der Waals surface area contributed by atoms with Crippen molar-refractivity contribution < 1.29 is 0 Å². The van der Waals surface area contributed by atoms with Crippen molar-refractivity contribution >= 4 is 107 Å². The van der Waals surface area contributed by atoms with Crippen LogP contribution in [0.1, 0.15) is 0 Å². The van der Waals surface area contributed by atoms with Gasteiger partial charge in [-0.1, -0.05) is 97.1 Å². The molecule has 0 saturated carbocycles. The monoisotopic (exact) mass is 634 g/mol. The molecule has 0 aliphatic heterocycles. The molecular formula is C41H22N4S2. The van der Waals surface area contributed by atoms with Crippen LogP contribution in [0.4, 0.5) is 0 Å². The fourth-order valence-corrected chi connectivity index (χ4v) is 9.98. The molecule has 5 heterocycles. The quantitative estimate of drug-likeness (QED) is 0.190. The number of benzene rings is 6. The smallest absolute Gasteiger partial charge is 0.237 e. The zero-order valence-corrected chi connectivity index (χ0v) is 26.4. The van der Waals surface area contributed by atoms with E-state index in [0.717, 1.165) is 38.7 Å². The highest BCUT2D eigenvalue weighted by atomic mass is 32.1. The van der Waals surface area contributed by atoms with Gasteiger partial charge in [-0.05, 0) is 41.1 Å². The number of hydrogen-bond acceptors (Lipinski definition) is 5. The van der Waals surface area contributed by atoms with Crippen molar-refractivity contribution in [2.24, 2.45) is 0 Å². The first-order valence-corrected chi connectivity index (χ1v) is 17.3. The minimum atomic E-state index is 0.629. The van der Waals surface area contributed by atoms with E-state index in [1.807, 2.05) is 34.9 Å². The Balaban J connectivity index is 1.34. The number of aromatic nitrogens is 4. The molecule has 11 rings (SSSR count). The average molecular weight is 635 g/mol. The molecule has 6 aromatic carbocycles. The number of nitrogens with zero attached hydrogens (tertiary/aromatic N) is 4. The van der Waals surface area contributed by atoms with Gasteiger partial charge in [0.1, 0.15) is 5.65 Å². The van der Waals surface area contributed by atoms with Gasteiger partial charge in [0.15, 0.2) is 0 Å². The summed E-state index contributed by atoms with van der Waals surface area (Å²) in [6, 6.07) is 45.3. The van der Waals surface area contributed by atoms with Crippen molar-refractivity contribution in [1.29, 1.82) is 0 Å². The van der Waals surface area contributed by atoms with Crippen LogP contribution in [-0.2, 0) is 0 Å². The Labute approximate surface area is 275 Å². The molecule has 0 radical (unpaired) electrons. The summed E-state index contributed by atoms with van der Waals surface area (Å²) in [5.74, 6) is 0.629. The molecule has 0 N–H and O–H groups in total. The van der Waals surface area contributed by atoms with Crippen LogP contribution in [0, 0.1) is 0 Å². The second-order valence-corrected chi connectivity index (χ2v) is 14.1. The minimum absolute atomic E-state index is 0.629. The van der Waals surface area contributed by atoms with Gasteiger partial charge in [0.2, 0.25) is 5.95 Å². The minimum Gasteiger partial charge on any atom is -0.260 e. The van der Waals surface area contributed by atoms with E-state index in [0.29, 0.717) is 5.95 Å². The number of thiophene rings is 2. The molecule has 4 nitrogen and oxygen atoms in total. The van der Waals surface area contributed by atoms with E-state index in [1.165, 1.54) is 56.5 Å². The number of rotatable bonds is 2. The lowest BCUT2D eigenvalue weighted by Crippen LogP contribution is -2.04. The lowest BCUT2D eigenvalue weighted by molar-refractivity contribution is 1.00. The highest BCUT2D eigenvalue weighted by Gasteiger charge is 2.24. The zero-order chi connectivity index (χ0) is 30.6. The predicted octanol–water partition coefficient (Wildman–Crippen LogP) is 11.7. The number of para-hydroxylation sites is 1. The Bertz CT molecular complexity index is 3090. The first-order chi connectivity index (χ1) is 23.3. The van der Waals surface area contributed by atoms with E-state index in [-0.39, 0.29) is 0 Å². The molecule has 0 fully saturated rings. The van der Waals surface area contributed by atoms with Gasteiger partial charge in [0, 0.05) is 63.6 Å². The molecule has 0 unspecified atom stereocenters. The van der Waals surface area contributed by atoms with E-state index in [1.54, 1.807) is 0 Å². The molecule has 0 bridgehead atoms. The van der Waals surface area contributed by atoms with Crippen LogP contribution in [0.25, 0.3) is 101 Å². The molecule has 0 atom stereocenters. The van der Waals surface area contributed by atoms with Crippen molar-refractivity contribution in [2.45, 2.75) is 0 Å². The highest BCUT2D eigenvalue weighted by molar-refractivity contribution is 7.27. The maximum atomic E-state index is 5.50. The van der Waals surface area contributed by atoms with E-state index in [9.17, 15) is 0 Å². The third-order valence-electron chi connectivity index (χ3n) is 9.46. The largest absolute Gasteiger partial charge is 0.260 e. The fourth-order valence-electron chi connectivity index (χ4n) is 7.50. The van der Waals surface area contributed by atoms with E-state index in [2.05, 4.69) is 126 Å². The molecule has 218 valence electrons. The summed E-state index contributed by atoms with van der Waals surface area (Å²) in [6.45, 7) is 0. The zero-order valence-electron chi connectivity index (χ0n) is 24.8. The van der Waals surface area contributed by atoms with Gasteiger partial charge in [-0.15, -0.1) is 22.7 Å². The summed E-state index contributed by atoms with van der Waals surface area (Å²) < 4.78 is 7.22. The summed E-state index contributed by atoms with van der Waals surface area (Å²) in [4.78, 5) is 15.8. The standard InChI is InChI=1S/C41H22N4S2/c1-2-13-25-24(12-1)34-29-18-10-22-42-40(29)45(37(34)39-35(25)28-15-5-8-21-33(28)47-39)41-43-31-19-6-3-14-27(31)36(44-41)30-17-9-16-26-23-11-4-7-20-32(23)46-38(26)30/h1-22H. The third kappa shape index (κ3) is 3.43. The lowest BCUT2D eigenvalue weighted by Gasteiger charge is -2.12. The maximum Gasteiger partial charge on any atom is 0.237 e. The van der Waals surface area contributed by atoms with Gasteiger partial charge in [-0.2, -0.15) is 0 Å². The topological polar surface area (TPSA) is 43.6 Å². The second-order valence-electron chi connectivity index (χ2n) is 12.0. The molecule has 0 saturated heterocycles. The van der Waals surface area contributed by atoms with Crippen LogP contribution in [-0.4, -0.2) is 19.5 Å². The molecule has 0 aliphatic carbocycles. The number of fused-ring (bicyclic) bond motifs is 14. The highest BCUT2D eigenvalue weighted by Crippen LogP contribution is 2.48. The van der Waals surface area contributed by atoms with Gasteiger partial charge in [0.25, 0.3) is 0 Å². The predicted molar refractivity (Wildman–Crippen MR) is 200 cm³/mol. The normalized spacial score (nSPS) is 12.3. The second kappa shape index (κ2) is 9.42. The molecule has 47 heavy (non-hydrogen) atoms.